The molecular formula is C28H35FN6O. The number of hydrogen-bond donors (Lipinski definition) is 2. The van der Waals surface area contributed by atoms with E-state index >= 15 is 4.39 Å². The lowest BCUT2D eigenvalue weighted by Crippen LogP contribution is -2.42. The molecule has 2 aliphatic heterocycles. The van der Waals surface area contributed by atoms with Crippen molar-refractivity contribution in [1.82, 2.24) is 19.8 Å². The maximum Gasteiger partial charge on any atom is 0.314 e. The van der Waals surface area contributed by atoms with Gasteiger partial charge in [-0.15, -0.1) is 0 Å². The van der Waals surface area contributed by atoms with Crippen molar-refractivity contribution in [1.29, 1.82) is 0 Å². The lowest BCUT2D eigenvalue weighted by molar-refractivity contribution is 0.189. The Kier molecular flexibility index (Phi) is 7.05. The molecule has 2 amide bonds. The number of nitrogens with two attached hydrogens (primary N) is 1. The minimum Gasteiger partial charge on any atom is -0.351 e. The predicted molar refractivity (Wildman–Crippen MR) is 141 cm³/mol. The lowest BCUT2D eigenvalue weighted by atomic mass is 9.83. The number of fused-ring (bicyclic) bond motifs is 1. The minimum absolute atomic E-state index is 0.0859. The van der Waals surface area contributed by atoms with E-state index in [4.69, 9.17) is 10.7 Å². The monoisotopic (exact) mass is 490 g/mol. The number of nitrogens with one attached hydrogen (secondary N) is 1. The van der Waals surface area contributed by atoms with E-state index in [0.717, 1.165) is 48.1 Å². The van der Waals surface area contributed by atoms with Gasteiger partial charge in [-0.05, 0) is 81.6 Å². The Morgan fingerprint density at radius 2 is 1.94 bits per heavy atom. The summed E-state index contributed by atoms with van der Waals surface area (Å²) in [5.74, 6) is 1.33. The molecule has 4 heterocycles. The van der Waals surface area contributed by atoms with Crippen LogP contribution >= 0.6 is 0 Å². The van der Waals surface area contributed by atoms with Crippen molar-refractivity contribution in [3.63, 3.8) is 0 Å². The number of amides is 2. The summed E-state index contributed by atoms with van der Waals surface area (Å²) >= 11 is 0. The van der Waals surface area contributed by atoms with E-state index in [1.807, 2.05) is 12.1 Å². The molecule has 1 aromatic carbocycles. The molecule has 0 bridgehead atoms. The van der Waals surface area contributed by atoms with Gasteiger partial charge in [0.15, 0.2) is 0 Å². The number of urea groups is 1. The second kappa shape index (κ2) is 10.4. The smallest absolute Gasteiger partial charge is 0.314 e. The first-order valence-electron chi connectivity index (χ1n) is 12.9. The average molecular weight is 491 g/mol. The number of carbonyl (C=O) groups excluding carboxylic acids is 1. The topological polar surface area (TPSA) is 87.4 Å². The summed E-state index contributed by atoms with van der Waals surface area (Å²) in [5.41, 5.74) is 8.65. The summed E-state index contributed by atoms with van der Waals surface area (Å²) in [6.45, 7) is 5.73. The SMILES string of the molecule is C[C@@H](c1ccc2cnc(Nc3ccc([C@@H]4CCCN(C(N)=O)C4)cc3F)cc2n1)C1CCN(C)CC1. The van der Waals surface area contributed by atoms with Crippen LogP contribution in [0.15, 0.2) is 42.6 Å². The van der Waals surface area contributed by atoms with Crippen LogP contribution in [-0.2, 0) is 0 Å². The number of carbonyl (C=O) groups is 1. The summed E-state index contributed by atoms with van der Waals surface area (Å²) < 4.78 is 15.0. The van der Waals surface area contributed by atoms with Crippen LogP contribution in [0.25, 0.3) is 10.9 Å². The number of benzene rings is 1. The molecule has 2 atom stereocenters. The lowest BCUT2D eigenvalue weighted by Gasteiger charge is -2.32. The van der Waals surface area contributed by atoms with Crippen molar-refractivity contribution in [3.8, 4) is 0 Å². The minimum atomic E-state index is -0.418. The maximum atomic E-state index is 15.0. The van der Waals surface area contributed by atoms with Crippen LogP contribution in [0.5, 0.6) is 0 Å². The van der Waals surface area contributed by atoms with Crippen LogP contribution in [0.4, 0.5) is 20.7 Å². The molecule has 0 spiro atoms. The van der Waals surface area contributed by atoms with Crippen molar-refractivity contribution < 1.29 is 9.18 Å². The van der Waals surface area contributed by atoms with Crippen molar-refractivity contribution in [2.45, 2.75) is 44.4 Å². The molecule has 5 rings (SSSR count). The molecule has 3 N–H and O–H groups in total. The van der Waals surface area contributed by atoms with Crippen molar-refractivity contribution in [2.24, 2.45) is 11.7 Å². The highest BCUT2D eigenvalue weighted by molar-refractivity contribution is 5.81. The molecule has 2 saturated heterocycles. The van der Waals surface area contributed by atoms with Gasteiger partial charge < -0.3 is 20.9 Å². The van der Waals surface area contributed by atoms with E-state index < -0.39 is 6.03 Å². The van der Waals surface area contributed by atoms with Crippen molar-refractivity contribution in [2.75, 3.05) is 38.5 Å². The number of anilines is 2. The first-order valence-corrected chi connectivity index (χ1v) is 12.9. The standard InChI is InChI=1S/C28H35FN6O/c1-18(19-9-12-34(2)13-10-19)24-7-6-21-16-31-27(15-26(21)32-24)33-25-8-5-20(14-23(25)29)22-4-3-11-35(17-22)28(30)36/h5-8,14-16,18-19,22H,3-4,9-13,17H2,1-2H3,(H2,30,36)(H,31,33)/t18-,22-/m1/s1. The summed E-state index contributed by atoms with van der Waals surface area (Å²) in [6, 6.07) is 10.9. The fraction of sp³-hybridized carbons (Fsp3) is 0.464. The number of hydrogen-bond acceptors (Lipinski definition) is 5. The normalized spacial score (nSPS) is 20.4. The van der Waals surface area contributed by atoms with Gasteiger partial charge in [0.2, 0.25) is 0 Å². The van der Waals surface area contributed by atoms with Crippen molar-refractivity contribution in [3.05, 3.63) is 59.7 Å². The maximum absolute atomic E-state index is 15.0. The van der Waals surface area contributed by atoms with Gasteiger partial charge in [0.05, 0.1) is 11.2 Å². The highest BCUT2D eigenvalue weighted by Crippen LogP contribution is 2.33. The van der Waals surface area contributed by atoms with Crippen LogP contribution in [0.3, 0.4) is 0 Å². The fourth-order valence-electron chi connectivity index (χ4n) is 5.60. The highest BCUT2D eigenvalue weighted by atomic mass is 19.1. The number of pyridine rings is 2. The van der Waals surface area contributed by atoms with Crippen LogP contribution in [0.1, 0.15) is 55.7 Å². The molecule has 8 heteroatoms. The van der Waals surface area contributed by atoms with Gasteiger partial charge >= 0.3 is 6.03 Å². The zero-order valence-corrected chi connectivity index (χ0v) is 21.1. The number of rotatable bonds is 5. The third-order valence-corrected chi connectivity index (χ3v) is 7.99. The van der Waals surface area contributed by atoms with Gasteiger partial charge in [0.25, 0.3) is 0 Å². The van der Waals surface area contributed by atoms with Crippen LogP contribution < -0.4 is 11.1 Å². The number of nitrogens with zero attached hydrogens (tertiary/aromatic N) is 4. The quantitative estimate of drug-likeness (QED) is 0.512. The molecule has 2 fully saturated rings. The van der Waals surface area contributed by atoms with E-state index in [-0.39, 0.29) is 11.7 Å². The summed E-state index contributed by atoms with van der Waals surface area (Å²) in [4.78, 5) is 25.0. The largest absolute Gasteiger partial charge is 0.351 e. The Morgan fingerprint density at radius 1 is 1.14 bits per heavy atom. The van der Waals surface area contributed by atoms with Gasteiger partial charge in [0, 0.05) is 48.3 Å². The second-order valence-electron chi connectivity index (χ2n) is 10.4. The Morgan fingerprint density at radius 3 is 2.69 bits per heavy atom. The zero-order valence-electron chi connectivity index (χ0n) is 21.1. The average Bonchev–Trinajstić information content (AvgIpc) is 2.89. The number of piperidine rings is 2. The number of primary amides is 1. The van der Waals surface area contributed by atoms with Gasteiger partial charge in [0.1, 0.15) is 11.6 Å². The molecular weight excluding hydrogens is 455 g/mol. The van der Waals surface area contributed by atoms with Gasteiger partial charge in [-0.1, -0.05) is 13.0 Å². The molecule has 0 saturated carbocycles. The second-order valence-corrected chi connectivity index (χ2v) is 10.4. The summed E-state index contributed by atoms with van der Waals surface area (Å²) in [5, 5.41) is 4.09. The van der Waals surface area contributed by atoms with E-state index in [1.165, 1.54) is 12.8 Å². The Labute approximate surface area is 211 Å². The van der Waals surface area contributed by atoms with E-state index in [2.05, 4.69) is 41.3 Å². The molecule has 190 valence electrons. The molecule has 0 aliphatic carbocycles. The summed E-state index contributed by atoms with van der Waals surface area (Å²) in [6.07, 6.45) is 5.93. The Balaban J connectivity index is 1.31. The van der Waals surface area contributed by atoms with Gasteiger partial charge in [-0.2, -0.15) is 0 Å². The third-order valence-electron chi connectivity index (χ3n) is 7.99. The number of likely N-dealkylation sites (tertiary alicyclic amines) is 2. The van der Waals surface area contributed by atoms with Crippen molar-refractivity contribution >= 4 is 28.4 Å². The molecule has 0 unspecified atom stereocenters. The number of halogens is 1. The summed E-state index contributed by atoms with van der Waals surface area (Å²) in [7, 11) is 2.18. The molecule has 2 aliphatic rings. The molecule has 3 aromatic rings. The predicted octanol–water partition coefficient (Wildman–Crippen LogP) is 5.22. The van der Waals surface area contributed by atoms with Crippen LogP contribution in [-0.4, -0.2) is 59.0 Å². The Hall–Kier alpha value is -3.26. The number of aromatic nitrogens is 2. The molecule has 0 radical (unpaired) electrons. The van der Waals surface area contributed by atoms with Crippen LogP contribution in [0.2, 0.25) is 0 Å². The first kappa shape index (κ1) is 24.4. The van der Waals surface area contributed by atoms with E-state index in [9.17, 15) is 4.79 Å². The molecule has 2 aromatic heterocycles. The van der Waals surface area contributed by atoms with Gasteiger partial charge in [-0.3, -0.25) is 4.98 Å². The highest BCUT2D eigenvalue weighted by Gasteiger charge is 2.25. The molecule has 36 heavy (non-hydrogen) atoms. The van der Waals surface area contributed by atoms with E-state index in [0.29, 0.717) is 36.4 Å². The Bertz CT molecular complexity index is 1240. The van der Waals surface area contributed by atoms with Crippen LogP contribution in [0, 0.1) is 11.7 Å². The first-order chi connectivity index (χ1) is 17.4. The third kappa shape index (κ3) is 5.28. The zero-order chi connectivity index (χ0) is 25.2. The van der Waals surface area contributed by atoms with Gasteiger partial charge in [-0.25, -0.2) is 14.2 Å². The molecule has 7 nitrogen and oxygen atoms in total. The van der Waals surface area contributed by atoms with E-state index in [1.54, 1.807) is 23.2 Å². The fourth-order valence-corrected chi connectivity index (χ4v) is 5.60.